The molecule has 0 aliphatic carbocycles. The molecule has 49 heavy (non-hydrogen) atoms. The van der Waals surface area contributed by atoms with E-state index in [0.29, 0.717) is 11.1 Å². The summed E-state index contributed by atoms with van der Waals surface area (Å²) in [7, 11) is 0. The van der Waals surface area contributed by atoms with Crippen molar-refractivity contribution in [2.45, 2.75) is 44.7 Å². The molecule has 2 rings (SSSR count). The van der Waals surface area contributed by atoms with Crippen molar-refractivity contribution in [3.05, 3.63) is 64.7 Å². The van der Waals surface area contributed by atoms with Gasteiger partial charge in [-0.15, -0.1) is 0 Å². The maximum atomic E-state index is 13.2. The van der Waals surface area contributed by atoms with Gasteiger partial charge in [0.2, 0.25) is 11.8 Å². The average molecular weight is 686 g/mol. The minimum Gasteiger partial charge on any atom is -0.507 e. The molecule has 0 bridgehead atoms. The number of nitrogens with one attached hydrogen (secondary N) is 3. The number of amides is 3. The number of rotatable bonds is 22. The number of aromatic hydroxyl groups is 1. The summed E-state index contributed by atoms with van der Waals surface area (Å²) in [5, 5.41) is 44.6. The Morgan fingerprint density at radius 2 is 1.31 bits per heavy atom. The van der Waals surface area contributed by atoms with Gasteiger partial charge < -0.3 is 45.9 Å². The second-order valence-corrected chi connectivity index (χ2v) is 10.6. The lowest BCUT2D eigenvalue weighted by Gasteiger charge is -2.23. The average Bonchev–Trinajstić information content (AvgIpc) is 3.05. The highest BCUT2D eigenvalue weighted by molar-refractivity contribution is 5.99. The molecule has 0 heterocycles. The maximum absolute atomic E-state index is 13.2. The Kier molecular flexibility index (Phi) is 16.6. The molecule has 0 aliphatic heterocycles. The quantitative estimate of drug-likeness (QED) is 0.0683. The molecular formula is C33H39N3O13. The number of benzene rings is 2. The van der Waals surface area contributed by atoms with Crippen LogP contribution >= 0.6 is 0 Å². The minimum absolute atomic E-state index is 0.00760. The van der Waals surface area contributed by atoms with Crippen molar-refractivity contribution in [2.75, 3.05) is 33.0 Å². The van der Waals surface area contributed by atoms with Crippen molar-refractivity contribution in [1.82, 2.24) is 16.0 Å². The first-order valence-corrected chi connectivity index (χ1v) is 15.1. The Hall–Kier alpha value is -5.61. The summed E-state index contributed by atoms with van der Waals surface area (Å²) >= 11 is 0. The standard InChI is InChI=1S/C33H39N3O13/c1-20(37)19-49-17-16-48-15-14-34-31(44)25(9-12-28(39)40)36-32(45)26(10-13-29(41)42)35-30(43)23-7-4-21(5-8-23)2-3-22-6-11-27(38)24(18-22)33(46)47/h2-8,11,18,25-26,38H,9-10,12-17,19H2,1H3,(H,34,44)(H,35,43)(H,36,45)(H,39,40)(H,41,42)(H,46,47)/b3-2+/t25-,26-/m0/s1. The molecule has 16 nitrogen and oxygen atoms in total. The fraction of sp³-hybridized carbons (Fsp3) is 0.364. The van der Waals surface area contributed by atoms with Crippen LogP contribution < -0.4 is 16.0 Å². The van der Waals surface area contributed by atoms with Crippen LogP contribution in [0.15, 0.2) is 42.5 Å². The number of aromatic carboxylic acids is 1. The van der Waals surface area contributed by atoms with Crippen LogP contribution in [0.1, 0.15) is 64.4 Å². The second kappa shape index (κ2) is 20.6. The van der Waals surface area contributed by atoms with Crippen LogP contribution in [0, 0.1) is 0 Å². The highest BCUT2D eigenvalue weighted by Crippen LogP contribution is 2.20. The molecule has 264 valence electrons. The number of carboxylic acids is 3. The van der Waals surface area contributed by atoms with E-state index in [4.69, 9.17) is 14.6 Å². The van der Waals surface area contributed by atoms with Gasteiger partial charge in [-0.2, -0.15) is 0 Å². The maximum Gasteiger partial charge on any atom is 0.339 e. The van der Waals surface area contributed by atoms with E-state index in [1.165, 1.54) is 37.3 Å². The zero-order chi connectivity index (χ0) is 36.3. The van der Waals surface area contributed by atoms with Gasteiger partial charge in [-0.1, -0.05) is 30.4 Å². The third kappa shape index (κ3) is 15.2. The molecule has 7 N–H and O–H groups in total. The molecule has 0 aromatic heterocycles. The van der Waals surface area contributed by atoms with Crippen LogP contribution in [0.25, 0.3) is 12.2 Å². The van der Waals surface area contributed by atoms with Crippen molar-refractivity contribution >= 4 is 53.6 Å². The Morgan fingerprint density at radius 1 is 0.735 bits per heavy atom. The van der Waals surface area contributed by atoms with Gasteiger partial charge in [0.05, 0.1) is 19.8 Å². The molecule has 16 heteroatoms. The molecule has 3 amide bonds. The zero-order valence-electron chi connectivity index (χ0n) is 26.7. The molecule has 0 radical (unpaired) electrons. The summed E-state index contributed by atoms with van der Waals surface area (Å²) in [4.78, 5) is 83.6. The van der Waals surface area contributed by atoms with Crippen LogP contribution in [0.5, 0.6) is 5.75 Å². The molecule has 0 aliphatic rings. The molecule has 2 aromatic carbocycles. The first-order chi connectivity index (χ1) is 23.3. The third-order valence-electron chi connectivity index (χ3n) is 6.66. The number of carbonyl (C=O) groups excluding carboxylic acids is 4. The lowest BCUT2D eigenvalue weighted by molar-refractivity contribution is -0.139. The smallest absolute Gasteiger partial charge is 0.339 e. The number of phenols is 1. The molecule has 0 unspecified atom stereocenters. The fourth-order valence-electron chi connectivity index (χ4n) is 4.16. The van der Waals surface area contributed by atoms with Crippen LogP contribution in [0.4, 0.5) is 0 Å². The van der Waals surface area contributed by atoms with E-state index in [9.17, 15) is 48.9 Å². The largest absolute Gasteiger partial charge is 0.507 e. The molecular weight excluding hydrogens is 646 g/mol. The van der Waals surface area contributed by atoms with Crippen molar-refractivity contribution in [3.63, 3.8) is 0 Å². The number of carbonyl (C=O) groups is 7. The van der Waals surface area contributed by atoms with E-state index < -0.39 is 60.6 Å². The first kappa shape index (κ1) is 39.6. The van der Waals surface area contributed by atoms with Gasteiger partial charge in [-0.3, -0.25) is 28.8 Å². The van der Waals surface area contributed by atoms with E-state index in [2.05, 4.69) is 16.0 Å². The van der Waals surface area contributed by atoms with E-state index in [1.54, 1.807) is 24.3 Å². The van der Waals surface area contributed by atoms with Gasteiger partial charge >= 0.3 is 17.9 Å². The van der Waals surface area contributed by atoms with Crippen molar-refractivity contribution in [3.8, 4) is 5.75 Å². The van der Waals surface area contributed by atoms with Gasteiger partial charge in [0, 0.05) is 24.9 Å². The highest BCUT2D eigenvalue weighted by atomic mass is 16.5. The van der Waals surface area contributed by atoms with E-state index in [0.717, 1.165) is 0 Å². The van der Waals surface area contributed by atoms with Crippen molar-refractivity contribution < 1.29 is 63.5 Å². The summed E-state index contributed by atoms with van der Waals surface area (Å²) in [6.07, 6.45) is 1.66. The molecule has 0 spiro atoms. The summed E-state index contributed by atoms with van der Waals surface area (Å²) in [6.45, 7) is 1.71. The number of ether oxygens (including phenoxy) is 2. The summed E-state index contributed by atoms with van der Waals surface area (Å²) in [5.74, 6) is -6.59. The highest BCUT2D eigenvalue weighted by Gasteiger charge is 2.28. The van der Waals surface area contributed by atoms with Crippen LogP contribution in [0.2, 0.25) is 0 Å². The molecule has 0 saturated carbocycles. The Balaban J connectivity index is 2.05. The third-order valence-corrected chi connectivity index (χ3v) is 6.66. The fourth-order valence-corrected chi connectivity index (χ4v) is 4.16. The van der Waals surface area contributed by atoms with Gasteiger partial charge in [0.25, 0.3) is 5.91 Å². The number of aliphatic carboxylic acids is 2. The van der Waals surface area contributed by atoms with E-state index in [-0.39, 0.29) is 68.5 Å². The van der Waals surface area contributed by atoms with Gasteiger partial charge in [-0.05, 0) is 55.2 Å². The SMILES string of the molecule is CC(=O)COCCOCCNC(=O)[C@H](CCC(=O)O)NC(=O)[C@H](CCC(=O)O)NC(=O)c1ccc(/C=C/c2ccc(O)c(C(=O)O)c2)cc1. The van der Waals surface area contributed by atoms with Crippen LogP contribution in [-0.2, 0) is 33.4 Å². The molecule has 0 saturated heterocycles. The molecule has 2 aromatic rings. The summed E-state index contributed by atoms with van der Waals surface area (Å²) in [5.41, 5.74) is 0.982. The lowest BCUT2D eigenvalue weighted by atomic mass is 10.1. The number of carboxylic acid groups (broad SMARTS) is 3. The lowest BCUT2D eigenvalue weighted by Crippen LogP contribution is -2.54. The monoisotopic (exact) mass is 685 g/mol. The topological polar surface area (TPSA) is 255 Å². The Bertz CT molecular complexity index is 1520. The number of Topliss-reactive ketones (excluding diaryl/α,β-unsaturated/α-hetero) is 1. The Morgan fingerprint density at radius 3 is 1.90 bits per heavy atom. The predicted molar refractivity (Wildman–Crippen MR) is 173 cm³/mol. The van der Waals surface area contributed by atoms with Gasteiger partial charge in [-0.25, -0.2) is 4.79 Å². The molecule has 0 fully saturated rings. The van der Waals surface area contributed by atoms with Gasteiger partial charge in [0.15, 0.2) is 5.78 Å². The van der Waals surface area contributed by atoms with Crippen molar-refractivity contribution in [2.24, 2.45) is 0 Å². The normalized spacial score (nSPS) is 12.1. The van der Waals surface area contributed by atoms with E-state index in [1.807, 2.05) is 0 Å². The van der Waals surface area contributed by atoms with Crippen molar-refractivity contribution in [1.29, 1.82) is 0 Å². The second-order valence-electron chi connectivity index (χ2n) is 10.6. The first-order valence-electron chi connectivity index (χ1n) is 15.1. The minimum atomic E-state index is -1.39. The zero-order valence-corrected chi connectivity index (χ0v) is 26.7. The van der Waals surface area contributed by atoms with E-state index >= 15 is 0 Å². The predicted octanol–water partition coefficient (Wildman–Crippen LogP) is 1.31. The summed E-state index contributed by atoms with van der Waals surface area (Å²) < 4.78 is 10.4. The van der Waals surface area contributed by atoms with Gasteiger partial charge in [0.1, 0.15) is 30.0 Å². The summed E-state index contributed by atoms with van der Waals surface area (Å²) in [6, 6.07) is 7.39. The number of hydrogen-bond donors (Lipinski definition) is 7. The van der Waals surface area contributed by atoms with Crippen LogP contribution in [-0.4, -0.2) is 107 Å². The number of ketones is 1. The molecule has 2 atom stereocenters. The Labute approximate surface area is 281 Å². The number of hydrogen-bond acceptors (Lipinski definition) is 10. The van der Waals surface area contributed by atoms with Crippen LogP contribution in [0.3, 0.4) is 0 Å².